The number of nitrogens with one attached hydrogen (secondary N) is 1. The van der Waals surface area contributed by atoms with Gasteiger partial charge in [0.1, 0.15) is 0 Å². The van der Waals surface area contributed by atoms with E-state index in [9.17, 15) is 15.0 Å². The Morgan fingerprint density at radius 1 is 1.19 bits per heavy atom. The van der Waals surface area contributed by atoms with E-state index in [2.05, 4.69) is 15.0 Å². The number of hydrogen-bond donors (Lipinski definition) is 3. The summed E-state index contributed by atoms with van der Waals surface area (Å²) in [4.78, 5) is 23.8. The number of imidazole rings is 1. The van der Waals surface area contributed by atoms with E-state index in [0.717, 1.165) is 16.7 Å². The second kappa shape index (κ2) is 5.73. The predicted octanol–water partition coefficient (Wildman–Crippen LogP) is 3.34. The van der Waals surface area contributed by atoms with Gasteiger partial charge in [-0.15, -0.1) is 0 Å². The molecule has 0 saturated heterocycles. The zero-order valence-electron chi connectivity index (χ0n) is 14.2. The Kier molecular flexibility index (Phi) is 3.50. The summed E-state index contributed by atoms with van der Waals surface area (Å²) in [5.41, 5.74) is 3.72. The zero-order valence-corrected chi connectivity index (χ0v) is 14.2. The molecule has 0 unspecified atom stereocenters. The van der Waals surface area contributed by atoms with E-state index in [0.29, 0.717) is 17.1 Å². The van der Waals surface area contributed by atoms with Gasteiger partial charge in [0.2, 0.25) is 5.88 Å². The molecule has 1 aromatic carbocycles. The number of ketones is 1. The number of hydrogen-bond acceptors (Lipinski definition) is 5. The molecular weight excluding hydrogens is 332 g/mol. The summed E-state index contributed by atoms with van der Waals surface area (Å²) in [7, 11) is 0. The van der Waals surface area contributed by atoms with E-state index in [1.54, 1.807) is 30.6 Å². The number of rotatable bonds is 3. The van der Waals surface area contributed by atoms with Gasteiger partial charge in [-0.3, -0.25) is 14.3 Å². The Hall–Kier alpha value is -3.61. The molecule has 0 aliphatic rings. The van der Waals surface area contributed by atoms with E-state index in [1.165, 1.54) is 11.5 Å². The summed E-state index contributed by atoms with van der Waals surface area (Å²) in [6, 6.07) is 10.7. The highest BCUT2D eigenvalue weighted by Crippen LogP contribution is 2.42. The number of aromatic nitrogens is 4. The molecule has 7 nitrogen and oxygen atoms in total. The zero-order chi connectivity index (χ0) is 18.4. The molecule has 130 valence electrons. The van der Waals surface area contributed by atoms with E-state index in [4.69, 9.17) is 0 Å². The molecule has 3 N–H and O–H groups in total. The van der Waals surface area contributed by atoms with Crippen LogP contribution in [-0.2, 0) is 0 Å². The average molecular weight is 348 g/mol. The molecule has 0 amide bonds. The maximum Gasteiger partial charge on any atom is 0.240 e. The highest BCUT2D eigenvalue weighted by molar-refractivity contribution is 6.04. The monoisotopic (exact) mass is 348 g/mol. The summed E-state index contributed by atoms with van der Waals surface area (Å²) in [5, 5.41) is 21.0. The van der Waals surface area contributed by atoms with Gasteiger partial charge in [0, 0.05) is 5.69 Å². The number of H-pyrrole nitrogens is 1. The van der Waals surface area contributed by atoms with Crippen molar-refractivity contribution in [3.05, 3.63) is 54.0 Å². The van der Waals surface area contributed by atoms with Gasteiger partial charge in [0.25, 0.3) is 0 Å². The molecule has 0 saturated carbocycles. The maximum absolute atomic E-state index is 12.2. The van der Waals surface area contributed by atoms with Gasteiger partial charge < -0.3 is 15.2 Å². The van der Waals surface area contributed by atoms with Crippen LogP contribution in [0, 0.1) is 6.92 Å². The smallest absolute Gasteiger partial charge is 0.240 e. The Morgan fingerprint density at radius 2 is 2.00 bits per heavy atom. The fraction of sp³-hybridized carbons (Fsp3) is 0.105. The van der Waals surface area contributed by atoms with Crippen LogP contribution >= 0.6 is 0 Å². The van der Waals surface area contributed by atoms with E-state index < -0.39 is 11.6 Å². The van der Waals surface area contributed by atoms with Crippen LogP contribution in [-0.4, -0.2) is 35.5 Å². The lowest BCUT2D eigenvalue weighted by molar-refractivity contribution is 0.101. The number of aryl methyl sites for hydroxylation is 1. The van der Waals surface area contributed by atoms with Crippen molar-refractivity contribution < 1.29 is 15.0 Å². The van der Waals surface area contributed by atoms with E-state index in [-0.39, 0.29) is 11.3 Å². The molecule has 3 heterocycles. The van der Waals surface area contributed by atoms with Crippen molar-refractivity contribution in [2.45, 2.75) is 13.8 Å². The van der Waals surface area contributed by atoms with Crippen LogP contribution in [0.1, 0.15) is 23.0 Å². The number of Topliss-reactive ketones (excluding diaryl/α,β-unsaturated/α-hetero) is 1. The molecule has 0 atom stereocenters. The standard InChI is InChI=1S/C19H16N4O3/c1-10-4-3-5-14(22-10)17-16(11(2)24)18(25)19(26)23(17)12-6-7-13-15(8-12)21-9-20-13/h3-9,25-26H,1-2H3,(H,20,21). The highest BCUT2D eigenvalue weighted by Gasteiger charge is 2.28. The Morgan fingerprint density at radius 3 is 2.73 bits per heavy atom. The molecule has 3 aromatic heterocycles. The topological polar surface area (TPSA) is 104 Å². The van der Waals surface area contributed by atoms with Crippen LogP contribution in [0.5, 0.6) is 11.6 Å². The normalized spacial score (nSPS) is 11.2. The first-order valence-electron chi connectivity index (χ1n) is 8.02. The first-order valence-corrected chi connectivity index (χ1v) is 8.02. The fourth-order valence-corrected chi connectivity index (χ4v) is 3.11. The van der Waals surface area contributed by atoms with Crippen molar-refractivity contribution in [3.63, 3.8) is 0 Å². The molecule has 0 spiro atoms. The molecule has 0 bridgehead atoms. The number of nitrogens with zero attached hydrogens (tertiary/aromatic N) is 3. The second-order valence-electron chi connectivity index (χ2n) is 6.06. The minimum Gasteiger partial charge on any atom is -0.503 e. The Labute approximate surface area is 148 Å². The van der Waals surface area contributed by atoms with Crippen molar-refractivity contribution in [1.82, 2.24) is 19.5 Å². The van der Waals surface area contributed by atoms with Gasteiger partial charge in [-0.1, -0.05) is 6.07 Å². The van der Waals surface area contributed by atoms with Gasteiger partial charge in [0.05, 0.1) is 40.0 Å². The van der Waals surface area contributed by atoms with Crippen LogP contribution in [0.3, 0.4) is 0 Å². The van der Waals surface area contributed by atoms with Gasteiger partial charge in [-0.2, -0.15) is 0 Å². The summed E-state index contributed by atoms with van der Waals surface area (Å²) >= 11 is 0. The molecule has 0 aliphatic heterocycles. The third-order valence-corrected chi connectivity index (χ3v) is 4.27. The lowest BCUT2D eigenvalue weighted by atomic mass is 10.1. The minimum atomic E-state index is -0.458. The molecule has 0 radical (unpaired) electrons. The second-order valence-corrected chi connectivity index (χ2v) is 6.06. The molecule has 4 aromatic rings. The molecule has 4 rings (SSSR count). The van der Waals surface area contributed by atoms with Gasteiger partial charge >= 0.3 is 0 Å². The van der Waals surface area contributed by atoms with Crippen molar-refractivity contribution in [3.8, 4) is 28.7 Å². The number of aromatic amines is 1. The van der Waals surface area contributed by atoms with Crippen LogP contribution in [0.25, 0.3) is 28.1 Å². The quantitative estimate of drug-likeness (QED) is 0.493. The molecule has 26 heavy (non-hydrogen) atoms. The van der Waals surface area contributed by atoms with E-state index >= 15 is 0 Å². The number of carbonyl (C=O) groups is 1. The number of carbonyl (C=O) groups excluding carboxylic acids is 1. The molecule has 0 fully saturated rings. The van der Waals surface area contributed by atoms with Crippen molar-refractivity contribution >= 4 is 16.8 Å². The number of fused-ring (bicyclic) bond motifs is 1. The lowest BCUT2D eigenvalue weighted by Gasteiger charge is -2.11. The maximum atomic E-state index is 12.2. The highest BCUT2D eigenvalue weighted by atomic mass is 16.3. The molecular formula is C19H16N4O3. The summed E-state index contributed by atoms with van der Waals surface area (Å²) in [5.74, 6) is -1.23. The molecule has 7 heteroatoms. The van der Waals surface area contributed by atoms with Crippen molar-refractivity contribution in [1.29, 1.82) is 0 Å². The summed E-state index contributed by atoms with van der Waals surface area (Å²) in [6.45, 7) is 3.18. The summed E-state index contributed by atoms with van der Waals surface area (Å²) in [6.07, 6.45) is 1.57. The lowest BCUT2D eigenvalue weighted by Crippen LogP contribution is -2.02. The number of pyridine rings is 1. The average Bonchev–Trinajstić information content (AvgIpc) is 3.17. The number of aromatic hydroxyl groups is 2. The van der Waals surface area contributed by atoms with E-state index in [1.807, 2.05) is 19.1 Å². The predicted molar refractivity (Wildman–Crippen MR) is 96.7 cm³/mol. The summed E-state index contributed by atoms with van der Waals surface area (Å²) < 4.78 is 1.42. The minimum absolute atomic E-state index is 0.0327. The Balaban J connectivity index is 2.08. The van der Waals surface area contributed by atoms with Crippen molar-refractivity contribution in [2.75, 3.05) is 0 Å². The largest absolute Gasteiger partial charge is 0.503 e. The van der Waals surface area contributed by atoms with Crippen LogP contribution in [0.15, 0.2) is 42.7 Å². The first kappa shape index (κ1) is 15.9. The molecule has 0 aliphatic carbocycles. The number of benzene rings is 1. The first-order chi connectivity index (χ1) is 12.5. The van der Waals surface area contributed by atoms with Crippen LogP contribution < -0.4 is 0 Å². The SMILES string of the molecule is CC(=O)c1c(O)c(O)n(-c2ccc3nc[nH]c3c2)c1-c1cccc(C)n1. The van der Waals surface area contributed by atoms with Gasteiger partial charge in [-0.05, 0) is 44.2 Å². The van der Waals surface area contributed by atoms with Gasteiger partial charge in [0.15, 0.2) is 11.5 Å². The van der Waals surface area contributed by atoms with Gasteiger partial charge in [-0.25, -0.2) is 4.98 Å². The Bertz CT molecular complexity index is 1160. The van der Waals surface area contributed by atoms with Crippen molar-refractivity contribution in [2.24, 2.45) is 0 Å². The third kappa shape index (κ3) is 2.33. The van der Waals surface area contributed by atoms with Crippen LogP contribution in [0.4, 0.5) is 0 Å². The van der Waals surface area contributed by atoms with Crippen LogP contribution in [0.2, 0.25) is 0 Å². The third-order valence-electron chi connectivity index (χ3n) is 4.27. The fourth-order valence-electron chi connectivity index (χ4n) is 3.11.